The van der Waals surface area contributed by atoms with Gasteiger partial charge in [0.15, 0.2) is 0 Å². The largest absolute Gasteiger partial charge is 0.478 e. The molecule has 3 aromatic rings. The molecule has 0 aliphatic rings. The zero-order valence-corrected chi connectivity index (χ0v) is 18.6. The third-order valence-corrected chi connectivity index (χ3v) is 5.68. The molecule has 1 aromatic heterocycles. The van der Waals surface area contributed by atoms with Gasteiger partial charge in [-0.3, -0.25) is 4.79 Å². The maximum atomic E-state index is 12.5. The number of rotatable bonds is 7. The van der Waals surface area contributed by atoms with E-state index in [2.05, 4.69) is 41.9 Å². The van der Waals surface area contributed by atoms with Crippen LogP contribution in [0.1, 0.15) is 52.5 Å². The first-order valence-corrected chi connectivity index (χ1v) is 10.6. The van der Waals surface area contributed by atoms with E-state index < -0.39 is 5.97 Å². The third kappa shape index (κ3) is 5.36. The first kappa shape index (κ1) is 21.8. The van der Waals surface area contributed by atoms with Gasteiger partial charge in [0.2, 0.25) is 0 Å². The maximum Gasteiger partial charge on any atom is 0.335 e. The Hall–Kier alpha value is -2.92. The van der Waals surface area contributed by atoms with Crippen molar-refractivity contribution in [3.63, 3.8) is 0 Å². The lowest BCUT2D eigenvalue weighted by Crippen LogP contribution is -2.22. The number of benzene rings is 2. The first-order valence-electron chi connectivity index (χ1n) is 9.85. The standard InChI is InChI=1S/C25H24BrNO3/c1-17(2)21-5-3-4-19(16-21)8-12-23-22(26)11-13-24(28)27(23)15-14-18-6-9-20(10-7-18)25(29)30/h3-13,16-17H,14-15H2,1-2H3,(H,29,30)/b12-8+. The fourth-order valence-electron chi connectivity index (χ4n) is 3.22. The molecule has 0 aliphatic heterocycles. The van der Waals surface area contributed by atoms with E-state index in [0.29, 0.717) is 18.9 Å². The second-order valence-electron chi connectivity index (χ2n) is 7.47. The molecule has 0 saturated carbocycles. The van der Waals surface area contributed by atoms with Crippen LogP contribution in [0.4, 0.5) is 0 Å². The lowest BCUT2D eigenvalue weighted by Gasteiger charge is -2.12. The molecule has 0 bridgehead atoms. The van der Waals surface area contributed by atoms with Gasteiger partial charge in [0, 0.05) is 17.1 Å². The Morgan fingerprint density at radius 2 is 1.80 bits per heavy atom. The van der Waals surface area contributed by atoms with Crippen molar-refractivity contribution in [2.45, 2.75) is 32.7 Å². The van der Waals surface area contributed by atoms with Crippen molar-refractivity contribution in [3.8, 4) is 0 Å². The van der Waals surface area contributed by atoms with Crippen LogP contribution in [0.15, 0.2) is 69.9 Å². The predicted octanol–water partition coefficient (Wildman–Crippen LogP) is 5.85. The normalized spacial score (nSPS) is 11.3. The van der Waals surface area contributed by atoms with Crippen LogP contribution < -0.4 is 5.56 Å². The second kappa shape index (κ2) is 9.72. The Morgan fingerprint density at radius 1 is 1.07 bits per heavy atom. The van der Waals surface area contributed by atoms with Gasteiger partial charge in [-0.2, -0.15) is 0 Å². The fraction of sp³-hybridized carbons (Fsp3) is 0.200. The highest BCUT2D eigenvalue weighted by atomic mass is 79.9. The number of hydrogen-bond donors (Lipinski definition) is 1. The molecule has 0 amide bonds. The molecule has 0 radical (unpaired) electrons. The number of carboxylic acids is 1. The molecule has 1 heterocycles. The molecule has 2 aromatic carbocycles. The van der Waals surface area contributed by atoms with Gasteiger partial charge in [-0.1, -0.05) is 56.3 Å². The minimum atomic E-state index is -0.946. The number of pyridine rings is 1. The molecule has 0 unspecified atom stereocenters. The fourth-order valence-corrected chi connectivity index (χ4v) is 3.70. The van der Waals surface area contributed by atoms with Crippen molar-refractivity contribution in [2.75, 3.05) is 0 Å². The van der Waals surface area contributed by atoms with E-state index in [9.17, 15) is 9.59 Å². The summed E-state index contributed by atoms with van der Waals surface area (Å²) in [5.41, 5.74) is 4.32. The molecule has 154 valence electrons. The van der Waals surface area contributed by atoms with Gasteiger partial charge in [0.1, 0.15) is 0 Å². The average molecular weight is 466 g/mol. The Morgan fingerprint density at radius 3 is 2.47 bits per heavy atom. The van der Waals surface area contributed by atoms with Gasteiger partial charge in [-0.15, -0.1) is 0 Å². The minimum absolute atomic E-state index is 0.0732. The van der Waals surface area contributed by atoms with E-state index in [1.165, 1.54) is 5.56 Å². The molecular formula is C25H24BrNO3. The van der Waals surface area contributed by atoms with Crippen LogP contribution in [-0.4, -0.2) is 15.6 Å². The van der Waals surface area contributed by atoms with E-state index in [0.717, 1.165) is 21.3 Å². The average Bonchev–Trinajstić information content (AvgIpc) is 2.74. The summed E-state index contributed by atoms with van der Waals surface area (Å²) in [6.45, 7) is 4.82. The number of carboxylic acid groups (broad SMARTS) is 1. The highest BCUT2D eigenvalue weighted by Gasteiger charge is 2.08. The molecular weight excluding hydrogens is 442 g/mol. The molecule has 0 atom stereocenters. The molecule has 0 aliphatic carbocycles. The van der Waals surface area contributed by atoms with E-state index in [4.69, 9.17) is 5.11 Å². The smallest absolute Gasteiger partial charge is 0.335 e. The highest BCUT2D eigenvalue weighted by Crippen LogP contribution is 2.20. The summed E-state index contributed by atoms with van der Waals surface area (Å²) in [5.74, 6) is -0.494. The maximum absolute atomic E-state index is 12.5. The monoisotopic (exact) mass is 465 g/mol. The highest BCUT2D eigenvalue weighted by molar-refractivity contribution is 9.10. The zero-order chi connectivity index (χ0) is 21.7. The van der Waals surface area contributed by atoms with Crippen molar-refractivity contribution >= 4 is 34.1 Å². The summed E-state index contributed by atoms with van der Waals surface area (Å²) in [6.07, 6.45) is 4.60. The summed E-state index contributed by atoms with van der Waals surface area (Å²) < 4.78 is 2.58. The number of aryl methyl sites for hydroxylation is 1. The van der Waals surface area contributed by atoms with Gasteiger partial charge in [-0.05, 0) is 69.2 Å². The van der Waals surface area contributed by atoms with Crippen LogP contribution in [0.5, 0.6) is 0 Å². The van der Waals surface area contributed by atoms with Crippen molar-refractivity contribution in [3.05, 3.63) is 103 Å². The molecule has 1 N–H and O–H groups in total. The molecule has 3 rings (SSSR count). The molecule has 30 heavy (non-hydrogen) atoms. The summed E-state index contributed by atoms with van der Waals surface area (Å²) in [6, 6.07) is 18.4. The van der Waals surface area contributed by atoms with Crippen molar-refractivity contribution in [2.24, 2.45) is 0 Å². The van der Waals surface area contributed by atoms with Crippen LogP contribution in [0.3, 0.4) is 0 Å². The van der Waals surface area contributed by atoms with Gasteiger partial charge in [0.05, 0.1) is 11.3 Å². The Balaban J connectivity index is 1.85. The number of halogens is 1. The topological polar surface area (TPSA) is 59.3 Å². The molecule has 0 saturated heterocycles. The summed E-state index contributed by atoms with van der Waals surface area (Å²) in [4.78, 5) is 23.5. The lowest BCUT2D eigenvalue weighted by molar-refractivity contribution is 0.0697. The van der Waals surface area contributed by atoms with Crippen LogP contribution in [0, 0.1) is 0 Å². The van der Waals surface area contributed by atoms with Crippen molar-refractivity contribution < 1.29 is 9.90 Å². The summed E-state index contributed by atoms with van der Waals surface area (Å²) in [7, 11) is 0. The van der Waals surface area contributed by atoms with E-state index >= 15 is 0 Å². The molecule has 4 nitrogen and oxygen atoms in total. The van der Waals surface area contributed by atoms with Crippen molar-refractivity contribution in [1.82, 2.24) is 4.57 Å². The molecule has 0 fully saturated rings. The van der Waals surface area contributed by atoms with Crippen LogP contribution >= 0.6 is 15.9 Å². The second-order valence-corrected chi connectivity index (χ2v) is 8.32. The predicted molar refractivity (Wildman–Crippen MR) is 125 cm³/mol. The SMILES string of the molecule is CC(C)c1cccc(/C=C/c2c(Br)ccc(=O)n2CCc2ccc(C(=O)O)cc2)c1. The van der Waals surface area contributed by atoms with E-state index in [-0.39, 0.29) is 11.1 Å². The molecule has 0 spiro atoms. The van der Waals surface area contributed by atoms with Gasteiger partial charge < -0.3 is 9.67 Å². The lowest BCUT2D eigenvalue weighted by atomic mass is 10.0. The number of hydrogen-bond acceptors (Lipinski definition) is 2. The summed E-state index contributed by atoms with van der Waals surface area (Å²) >= 11 is 3.57. The van der Waals surface area contributed by atoms with E-state index in [1.54, 1.807) is 41.0 Å². The Kier molecular flexibility index (Phi) is 7.06. The van der Waals surface area contributed by atoms with E-state index in [1.807, 2.05) is 24.3 Å². The number of aromatic carboxylic acids is 1. The number of carbonyl (C=O) groups is 1. The Labute approximate surface area is 184 Å². The van der Waals surface area contributed by atoms with Gasteiger partial charge in [0.25, 0.3) is 5.56 Å². The van der Waals surface area contributed by atoms with Crippen LogP contribution in [0.2, 0.25) is 0 Å². The number of aromatic nitrogens is 1. The third-order valence-electron chi connectivity index (χ3n) is 5.01. The quantitative estimate of drug-likeness (QED) is 0.476. The first-order chi connectivity index (χ1) is 14.3. The zero-order valence-electron chi connectivity index (χ0n) is 17.0. The van der Waals surface area contributed by atoms with Gasteiger partial charge >= 0.3 is 5.97 Å². The van der Waals surface area contributed by atoms with Gasteiger partial charge in [-0.25, -0.2) is 4.79 Å². The van der Waals surface area contributed by atoms with Crippen molar-refractivity contribution in [1.29, 1.82) is 0 Å². The Bertz CT molecular complexity index is 1130. The number of nitrogens with zero attached hydrogens (tertiary/aromatic N) is 1. The van der Waals surface area contributed by atoms with Crippen LogP contribution in [-0.2, 0) is 13.0 Å². The molecule has 5 heteroatoms. The minimum Gasteiger partial charge on any atom is -0.478 e. The van der Waals surface area contributed by atoms with Crippen LogP contribution in [0.25, 0.3) is 12.2 Å². The summed E-state index contributed by atoms with van der Waals surface area (Å²) in [5, 5.41) is 9.03.